The van der Waals surface area contributed by atoms with Gasteiger partial charge >= 0.3 is 0 Å². The fourth-order valence-corrected chi connectivity index (χ4v) is 2.48. The zero-order chi connectivity index (χ0) is 11.5. The standard InChI is InChI=1S/C13H20N2O/c1-14-8-4-5-10-9-11-12(15(10)2)6-3-7-13(11)16/h3,6-7,10,14,16H,4-5,8-9H2,1-2H3. The van der Waals surface area contributed by atoms with Crippen molar-refractivity contribution < 1.29 is 5.11 Å². The predicted octanol–water partition coefficient (Wildman–Crippen LogP) is 1.75. The molecule has 1 atom stereocenters. The van der Waals surface area contributed by atoms with Crippen LogP contribution in [0.2, 0.25) is 0 Å². The van der Waals surface area contributed by atoms with E-state index in [9.17, 15) is 5.11 Å². The molecule has 16 heavy (non-hydrogen) atoms. The van der Waals surface area contributed by atoms with Gasteiger partial charge in [0.25, 0.3) is 0 Å². The fraction of sp³-hybridized carbons (Fsp3) is 0.538. The Hall–Kier alpha value is -1.22. The minimum Gasteiger partial charge on any atom is -0.508 e. The molecule has 0 saturated carbocycles. The summed E-state index contributed by atoms with van der Waals surface area (Å²) in [5.41, 5.74) is 2.30. The molecule has 0 radical (unpaired) electrons. The quantitative estimate of drug-likeness (QED) is 0.759. The lowest BCUT2D eigenvalue weighted by molar-refractivity contribution is 0.467. The van der Waals surface area contributed by atoms with Gasteiger partial charge in [0, 0.05) is 24.3 Å². The van der Waals surface area contributed by atoms with E-state index < -0.39 is 0 Å². The van der Waals surface area contributed by atoms with Gasteiger partial charge in [0.1, 0.15) is 5.75 Å². The van der Waals surface area contributed by atoms with Crippen molar-refractivity contribution in [3.63, 3.8) is 0 Å². The lowest BCUT2D eigenvalue weighted by atomic mass is 10.1. The zero-order valence-electron chi connectivity index (χ0n) is 10.0. The van der Waals surface area contributed by atoms with Crippen molar-refractivity contribution in [1.82, 2.24) is 5.32 Å². The molecule has 1 aromatic rings. The first-order valence-electron chi connectivity index (χ1n) is 5.92. The molecule has 1 aromatic carbocycles. The third-order valence-electron chi connectivity index (χ3n) is 3.46. The zero-order valence-corrected chi connectivity index (χ0v) is 10.0. The largest absolute Gasteiger partial charge is 0.508 e. The summed E-state index contributed by atoms with van der Waals surface area (Å²) >= 11 is 0. The van der Waals surface area contributed by atoms with Crippen LogP contribution >= 0.6 is 0 Å². The highest BCUT2D eigenvalue weighted by Gasteiger charge is 2.27. The van der Waals surface area contributed by atoms with E-state index in [2.05, 4.69) is 23.3 Å². The molecule has 2 N–H and O–H groups in total. The van der Waals surface area contributed by atoms with Gasteiger partial charge in [-0.2, -0.15) is 0 Å². The number of rotatable bonds is 4. The number of aromatic hydroxyl groups is 1. The fourth-order valence-electron chi connectivity index (χ4n) is 2.48. The van der Waals surface area contributed by atoms with E-state index >= 15 is 0 Å². The molecule has 1 heterocycles. The molecule has 88 valence electrons. The van der Waals surface area contributed by atoms with Crippen LogP contribution in [0.5, 0.6) is 5.75 Å². The topological polar surface area (TPSA) is 35.5 Å². The highest BCUT2D eigenvalue weighted by molar-refractivity contribution is 5.63. The van der Waals surface area contributed by atoms with Crippen LogP contribution in [0.1, 0.15) is 18.4 Å². The minimum absolute atomic E-state index is 0.445. The van der Waals surface area contributed by atoms with Crippen molar-refractivity contribution in [2.45, 2.75) is 25.3 Å². The number of hydrogen-bond donors (Lipinski definition) is 2. The molecule has 1 aliphatic rings. The number of benzene rings is 1. The molecule has 0 saturated heterocycles. The van der Waals surface area contributed by atoms with Crippen molar-refractivity contribution in [3.05, 3.63) is 23.8 Å². The van der Waals surface area contributed by atoms with E-state index in [-0.39, 0.29) is 0 Å². The van der Waals surface area contributed by atoms with Gasteiger partial charge in [-0.1, -0.05) is 6.07 Å². The lowest BCUT2D eigenvalue weighted by Gasteiger charge is -2.22. The van der Waals surface area contributed by atoms with Crippen molar-refractivity contribution in [3.8, 4) is 5.75 Å². The third kappa shape index (κ3) is 2.00. The molecule has 2 rings (SSSR count). The van der Waals surface area contributed by atoms with E-state index in [4.69, 9.17) is 0 Å². The smallest absolute Gasteiger partial charge is 0.120 e. The summed E-state index contributed by atoms with van der Waals surface area (Å²) < 4.78 is 0. The molecular weight excluding hydrogens is 200 g/mol. The van der Waals surface area contributed by atoms with Crippen molar-refractivity contribution >= 4 is 5.69 Å². The van der Waals surface area contributed by atoms with Crippen LogP contribution in [0.15, 0.2) is 18.2 Å². The molecule has 0 aromatic heterocycles. The molecule has 3 nitrogen and oxygen atoms in total. The second kappa shape index (κ2) is 4.74. The van der Waals surface area contributed by atoms with Crippen LogP contribution in [-0.2, 0) is 6.42 Å². The van der Waals surface area contributed by atoms with Gasteiger partial charge in [-0.15, -0.1) is 0 Å². The summed E-state index contributed by atoms with van der Waals surface area (Å²) in [5, 5.41) is 13.0. The Bertz CT molecular complexity index is 365. The number of phenolic OH excluding ortho intramolecular Hbond substituents is 1. The van der Waals surface area contributed by atoms with Gasteiger partial charge in [-0.25, -0.2) is 0 Å². The van der Waals surface area contributed by atoms with E-state index in [0.717, 1.165) is 18.5 Å². The van der Waals surface area contributed by atoms with Crippen LogP contribution in [0.3, 0.4) is 0 Å². The van der Waals surface area contributed by atoms with Gasteiger partial charge in [0.15, 0.2) is 0 Å². The van der Waals surface area contributed by atoms with Crippen LogP contribution < -0.4 is 10.2 Å². The van der Waals surface area contributed by atoms with Gasteiger partial charge in [-0.3, -0.25) is 0 Å². The average molecular weight is 220 g/mol. The van der Waals surface area contributed by atoms with Crippen molar-refractivity contribution in [1.29, 1.82) is 0 Å². The van der Waals surface area contributed by atoms with Crippen LogP contribution in [0.25, 0.3) is 0 Å². The Morgan fingerprint density at radius 1 is 1.50 bits per heavy atom. The van der Waals surface area contributed by atoms with Crippen LogP contribution in [-0.4, -0.2) is 31.8 Å². The highest BCUT2D eigenvalue weighted by Crippen LogP contribution is 2.37. The highest BCUT2D eigenvalue weighted by atomic mass is 16.3. The van der Waals surface area contributed by atoms with Gasteiger partial charge in [-0.05, 0) is 45.0 Å². The number of anilines is 1. The maximum absolute atomic E-state index is 9.80. The molecule has 0 fully saturated rings. The van der Waals surface area contributed by atoms with E-state index in [1.54, 1.807) is 6.07 Å². The molecule has 0 spiro atoms. The Morgan fingerprint density at radius 2 is 2.31 bits per heavy atom. The molecule has 0 aliphatic carbocycles. The van der Waals surface area contributed by atoms with Crippen molar-refractivity contribution in [2.24, 2.45) is 0 Å². The first-order valence-corrected chi connectivity index (χ1v) is 5.92. The average Bonchev–Trinajstić information content (AvgIpc) is 2.59. The van der Waals surface area contributed by atoms with E-state index in [1.807, 2.05) is 13.1 Å². The molecule has 1 unspecified atom stereocenters. The Balaban J connectivity index is 2.06. The second-order valence-electron chi connectivity index (χ2n) is 4.49. The Kier molecular flexibility index (Phi) is 3.34. The Morgan fingerprint density at radius 3 is 3.00 bits per heavy atom. The molecule has 1 aliphatic heterocycles. The predicted molar refractivity (Wildman–Crippen MR) is 67.2 cm³/mol. The molecule has 3 heteroatoms. The van der Waals surface area contributed by atoms with Crippen molar-refractivity contribution in [2.75, 3.05) is 25.5 Å². The molecule has 0 amide bonds. The number of nitrogens with zero attached hydrogens (tertiary/aromatic N) is 1. The number of phenols is 1. The van der Waals surface area contributed by atoms with E-state index in [0.29, 0.717) is 11.8 Å². The lowest BCUT2D eigenvalue weighted by Crippen LogP contribution is -2.28. The normalized spacial score (nSPS) is 18.9. The first kappa shape index (κ1) is 11.3. The molecule has 0 bridgehead atoms. The third-order valence-corrected chi connectivity index (χ3v) is 3.46. The monoisotopic (exact) mass is 220 g/mol. The summed E-state index contributed by atoms with van der Waals surface area (Å²) in [4.78, 5) is 2.30. The number of likely N-dealkylation sites (N-methyl/N-ethyl adjacent to an activating group) is 1. The SMILES string of the molecule is CNCCCC1Cc2c(O)cccc2N1C. The van der Waals surface area contributed by atoms with Crippen LogP contribution in [0.4, 0.5) is 5.69 Å². The number of hydrogen-bond acceptors (Lipinski definition) is 3. The summed E-state index contributed by atoms with van der Waals surface area (Å²) in [6, 6.07) is 6.33. The van der Waals surface area contributed by atoms with Gasteiger partial charge < -0.3 is 15.3 Å². The number of fused-ring (bicyclic) bond motifs is 1. The maximum atomic E-state index is 9.80. The van der Waals surface area contributed by atoms with Gasteiger partial charge in [0.05, 0.1) is 0 Å². The summed E-state index contributed by atoms with van der Waals surface area (Å²) in [6.07, 6.45) is 3.33. The maximum Gasteiger partial charge on any atom is 0.120 e. The van der Waals surface area contributed by atoms with Gasteiger partial charge in [0.2, 0.25) is 0 Å². The number of nitrogens with one attached hydrogen (secondary N) is 1. The summed E-state index contributed by atoms with van der Waals surface area (Å²) in [7, 11) is 4.11. The summed E-state index contributed by atoms with van der Waals surface area (Å²) in [5.74, 6) is 0.445. The first-order chi connectivity index (χ1) is 7.74. The summed E-state index contributed by atoms with van der Waals surface area (Å²) in [6.45, 7) is 1.06. The Labute approximate surface area is 97.1 Å². The van der Waals surface area contributed by atoms with E-state index in [1.165, 1.54) is 18.5 Å². The molecular formula is C13H20N2O. The van der Waals surface area contributed by atoms with Crippen LogP contribution in [0, 0.1) is 0 Å². The minimum atomic E-state index is 0.445. The second-order valence-corrected chi connectivity index (χ2v) is 4.49.